The molecule has 9 heteroatoms. The molecule has 0 aromatic heterocycles. The number of alkyl halides is 3. The highest BCUT2D eigenvalue weighted by atomic mass is 19.4. The maximum absolute atomic E-state index is 14.4. The van der Waals surface area contributed by atoms with Crippen LogP contribution in [0.1, 0.15) is 30.0 Å². The van der Waals surface area contributed by atoms with Crippen LogP contribution in [0, 0.1) is 23.5 Å². The summed E-state index contributed by atoms with van der Waals surface area (Å²) in [6.45, 7) is 0.437. The van der Waals surface area contributed by atoms with Gasteiger partial charge in [-0.2, -0.15) is 13.2 Å². The summed E-state index contributed by atoms with van der Waals surface area (Å²) < 4.78 is 71.6. The molecule has 0 spiro atoms. The minimum atomic E-state index is -4.99. The second-order valence-electron chi connectivity index (χ2n) is 7.19. The standard InChI is InChI=1S/C17H17F5N2O2/c18-11-4-10(17(20,21)22)12(19)3-9(11)15(8-5-26-6-8)24-16(25)14-2-7-1-13(7)23-14/h3-4,7-8,13-15,23H,1-2,5-6H2,(H,24,25)/t7-,13-,14-,15-/m1/s1. The Balaban J connectivity index is 1.58. The summed E-state index contributed by atoms with van der Waals surface area (Å²) in [5, 5.41) is 5.83. The molecule has 1 aromatic rings. The van der Waals surface area contributed by atoms with Gasteiger partial charge in [0.05, 0.1) is 30.9 Å². The molecule has 4 atom stereocenters. The summed E-state index contributed by atoms with van der Waals surface area (Å²) in [5.41, 5.74) is -1.95. The maximum atomic E-state index is 14.4. The molecule has 1 aromatic carbocycles. The van der Waals surface area contributed by atoms with E-state index in [0.717, 1.165) is 6.42 Å². The molecule has 0 unspecified atom stereocenters. The van der Waals surface area contributed by atoms with Crippen LogP contribution in [0.25, 0.3) is 0 Å². The highest BCUT2D eigenvalue weighted by Gasteiger charge is 2.48. The number of fused-ring (bicyclic) bond motifs is 1. The van der Waals surface area contributed by atoms with E-state index in [2.05, 4.69) is 10.6 Å². The lowest BCUT2D eigenvalue weighted by atomic mass is 9.90. The van der Waals surface area contributed by atoms with E-state index >= 15 is 0 Å². The Morgan fingerprint density at radius 1 is 1.19 bits per heavy atom. The third-order valence-corrected chi connectivity index (χ3v) is 5.35. The van der Waals surface area contributed by atoms with Crippen LogP contribution in [-0.4, -0.2) is 31.2 Å². The van der Waals surface area contributed by atoms with Crippen LogP contribution in [0.2, 0.25) is 0 Å². The van der Waals surface area contributed by atoms with Crippen molar-refractivity contribution in [3.05, 3.63) is 34.9 Å². The first-order valence-electron chi connectivity index (χ1n) is 8.44. The summed E-state index contributed by atoms with van der Waals surface area (Å²) in [6, 6.07) is -0.347. The van der Waals surface area contributed by atoms with E-state index in [4.69, 9.17) is 4.74 Å². The summed E-state index contributed by atoms with van der Waals surface area (Å²) in [5.74, 6) is -2.96. The molecule has 3 fully saturated rings. The van der Waals surface area contributed by atoms with E-state index in [1.165, 1.54) is 0 Å². The third-order valence-electron chi connectivity index (χ3n) is 5.35. The van der Waals surface area contributed by atoms with E-state index in [1.807, 2.05) is 0 Å². The number of benzene rings is 1. The van der Waals surface area contributed by atoms with Crippen molar-refractivity contribution in [3.63, 3.8) is 0 Å². The van der Waals surface area contributed by atoms with Gasteiger partial charge in [0.2, 0.25) is 5.91 Å². The lowest BCUT2D eigenvalue weighted by Crippen LogP contribution is -2.48. The summed E-state index contributed by atoms with van der Waals surface area (Å²) in [7, 11) is 0. The number of nitrogens with one attached hydrogen (secondary N) is 2. The molecule has 1 amide bonds. The fraction of sp³-hybridized carbons (Fsp3) is 0.588. The van der Waals surface area contributed by atoms with Crippen LogP contribution in [0.4, 0.5) is 22.0 Å². The van der Waals surface area contributed by atoms with E-state index in [1.54, 1.807) is 0 Å². The average molecular weight is 376 g/mol. The number of carbonyl (C=O) groups excluding carboxylic acids is 1. The predicted molar refractivity (Wildman–Crippen MR) is 80.0 cm³/mol. The van der Waals surface area contributed by atoms with Gasteiger partial charge in [-0.1, -0.05) is 0 Å². The van der Waals surface area contributed by atoms with Gasteiger partial charge in [0.15, 0.2) is 0 Å². The monoisotopic (exact) mass is 376 g/mol. The van der Waals surface area contributed by atoms with E-state index < -0.39 is 35.5 Å². The topological polar surface area (TPSA) is 50.4 Å². The highest BCUT2D eigenvalue weighted by Crippen LogP contribution is 2.41. The molecular weight excluding hydrogens is 359 g/mol. The summed E-state index contributed by atoms with van der Waals surface area (Å²) >= 11 is 0. The molecule has 1 aliphatic carbocycles. The van der Waals surface area contributed by atoms with Crippen LogP contribution in [0.5, 0.6) is 0 Å². The number of hydrogen-bond acceptors (Lipinski definition) is 3. The number of piperidine rings is 1. The van der Waals surface area contributed by atoms with Crippen LogP contribution < -0.4 is 10.6 Å². The molecule has 1 saturated carbocycles. The molecule has 26 heavy (non-hydrogen) atoms. The molecule has 0 bridgehead atoms. The normalized spacial score (nSPS) is 29.0. The number of amides is 1. The van der Waals surface area contributed by atoms with E-state index in [9.17, 15) is 26.7 Å². The number of rotatable bonds is 4. The minimum absolute atomic E-state index is 0.145. The first-order chi connectivity index (χ1) is 12.2. The van der Waals surface area contributed by atoms with Crippen LogP contribution in [-0.2, 0) is 15.7 Å². The van der Waals surface area contributed by atoms with Gasteiger partial charge in [-0.15, -0.1) is 0 Å². The smallest absolute Gasteiger partial charge is 0.381 e. The molecule has 4 nitrogen and oxygen atoms in total. The molecular formula is C17H17F5N2O2. The number of hydrogen-bond donors (Lipinski definition) is 2. The second-order valence-corrected chi connectivity index (χ2v) is 7.19. The van der Waals surface area contributed by atoms with Crippen LogP contribution in [0.3, 0.4) is 0 Å². The molecule has 142 valence electrons. The van der Waals surface area contributed by atoms with Gasteiger partial charge < -0.3 is 15.4 Å². The SMILES string of the molecule is O=C(N[C@@H](c1cc(F)c(C(F)(F)F)cc1F)C1COC1)[C@H]1C[C@H]2C[C@H]2N1. The Labute approximate surface area is 146 Å². The molecule has 2 N–H and O–H groups in total. The Morgan fingerprint density at radius 3 is 2.46 bits per heavy atom. The molecule has 2 heterocycles. The van der Waals surface area contributed by atoms with Gasteiger partial charge in [-0.25, -0.2) is 8.78 Å². The zero-order valence-electron chi connectivity index (χ0n) is 13.6. The molecule has 2 aliphatic heterocycles. The third kappa shape index (κ3) is 3.18. The predicted octanol–water partition coefficient (Wildman–Crippen LogP) is 2.54. The van der Waals surface area contributed by atoms with Crippen molar-refractivity contribution in [1.29, 1.82) is 0 Å². The Hall–Kier alpha value is -1.74. The van der Waals surface area contributed by atoms with Gasteiger partial charge in [0, 0.05) is 17.5 Å². The van der Waals surface area contributed by atoms with Crippen molar-refractivity contribution < 1.29 is 31.5 Å². The zero-order valence-corrected chi connectivity index (χ0v) is 13.6. The molecule has 2 saturated heterocycles. The first kappa shape index (κ1) is 17.7. The molecule has 3 aliphatic rings. The van der Waals surface area contributed by atoms with Gasteiger partial charge in [0.1, 0.15) is 11.6 Å². The Morgan fingerprint density at radius 2 is 1.92 bits per heavy atom. The highest BCUT2D eigenvalue weighted by molar-refractivity contribution is 5.83. The van der Waals surface area contributed by atoms with Gasteiger partial charge in [-0.05, 0) is 30.9 Å². The van der Waals surface area contributed by atoms with E-state index in [-0.39, 0.29) is 36.7 Å². The second kappa shape index (κ2) is 6.16. The molecule has 0 radical (unpaired) electrons. The zero-order chi connectivity index (χ0) is 18.6. The summed E-state index contributed by atoms with van der Waals surface area (Å²) in [4.78, 5) is 12.5. The lowest BCUT2D eigenvalue weighted by Gasteiger charge is -2.35. The van der Waals surface area contributed by atoms with Crippen molar-refractivity contribution in [2.75, 3.05) is 13.2 Å². The minimum Gasteiger partial charge on any atom is -0.381 e. The van der Waals surface area contributed by atoms with Gasteiger partial charge in [0.25, 0.3) is 0 Å². The van der Waals surface area contributed by atoms with Gasteiger partial charge >= 0.3 is 6.18 Å². The van der Waals surface area contributed by atoms with Crippen LogP contribution >= 0.6 is 0 Å². The number of carbonyl (C=O) groups is 1. The fourth-order valence-electron chi connectivity index (χ4n) is 3.69. The quantitative estimate of drug-likeness (QED) is 0.795. The maximum Gasteiger partial charge on any atom is 0.419 e. The van der Waals surface area contributed by atoms with Crippen molar-refractivity contribution in [2.45, 2.75) is 37.1 Å². The molecule has 4 rings (SSSR count). The lowest BCUT2D eigenvalue weighted by molar-refractivity contribution is -0.140. The van der Waals surface area contributed by atoms with Crippen molar-refractivity contribution in [1.82, 2.24) is 10.6 Å². The number of halogens is 5. The Kier molecular flexibility index (Phi) is 4.18. The first-order valence-corrected chi connectivity index (χ1v) is 8.44. The fourth-order valence-corrected chi connectivity index (χ4v) is 3.69. The van der Waals surface area contributed by atoms with Gasteiger partial charge in [-0.3, -0.25) is 4.79 Å². The number of ether oxygens (including phenoxy) is 1. The van der Waals surface area contributed by atoms with Crippen LogP contribution in [0.15, 0.2) is 12.1 Å². The van der Waals surface area contributed by atoms with Crippen molar-refractivity contribution in [2.24, 2.45) is 11.8 Å². The summed E-state index contributed by atoms with van der Waals surface area (Å²) in [6.07, 6.45) is -3.28. The van der Waals surface area contributed by atoms with Crippen molar-refractivity contribution in [3.8, 4) is 0 Å². The van der Waals surface area contributed by atoms with E-state index in [0.29, 0.717) is 24.4 Å². The Bertz CT molecular complexity index is 725. The largest absolute Gasteiger partial charge is 0.419 e. The van der Waals surface area contributed by atoms with Crippen molar-refractivity contribution >= 4 is 5.91 Å². The average Bonchev–Trinajstić information content (AvgIpc) is 3.11.